The zero-order valence-electron chi connectivity index (χ0n) is 12.3. The lowest BCUT2D eigenvalue weighted by molar-refractivity contribution is 0.103. The normalized spacial score (nSPS) is 11.0. The summed E-state index contributed by atoms with van der Waals surface area (Å²) < 4.78 is 7.94. The van der Waals surface area contributed by atoms with Gasteiger partial charge in [-0.15, -0.1) is 16.4 Å². The first-order chi connectivity index (χ1) is 11.6. The molecule has 0 unspecified atom stereocenters. The zero-order chi connectivity index (χ0) is 16.7. The molecule has 0 atom stereocenters. The molecule has 0 fully saturated rings. The van der Waals surface area contributed by atoms with Crippen LogP contribution in [0.2, 0.25) is 0 Å². The smallest absolute Gasteiger partial charge is 0.408 e. The molecule has 1 aromatic carbocycles. The van der Waals surface area contributed by atoms with E-state index in [0.29, 0.717) is 27.4 Å². The second kappa shape index (κ2) is 5.42. The van der Waals surface area contributed by atoms with Crippen LogP contribution in [-0.2, 0) is 7.05 Å². The molecule has 0 aliphatic heterocycles. The van der Waals surface area contributed by atoms with Crippen molar-refractivity contribution in [3.63, 3.8) is 0 Å². The van der Waals surface area contributed by atoms with E-state index in [2.05, 4.69) is 20.8 Å². The van der Waals surface area contributed by atoms with Gasteiger partial charge in [0.25, 0.3) is 5.91 Å². The van der Waals surface area contributed by atoms with Crippen molar-refractivity contribution in [3.8, 4) is 5.69 Å². The molecule has 0 saturated carbocycles. The van der Waals surface area contributed by atoms with E-state index >= 15 is 0 Å². The molecule has 0 spiro atoms. The molecule has 1 N–H and O–H groups in total. The van der Waals surface area contributed by atoms with Gasteiger partial charge in [0.2, 0.25) is 0 Å². The number of aryl methyl sites for hydroxylation is 1. The van der Waals surface area contributed by atoms with Gasteiger partial charge in [0.05, 0.1) is 11.2 Å². The number of aromatic nitrogens is 5. The maximum absolute atomic E-state index is 12.5. The van der Waals surface area contributed by atoms with Gasteiger partial charge in [-0.1, -0.05) is 0 Å². The topological polar surface area (TPSA) is 108 Å². The molecule has 3 heterocycles. The predicted molar refractivity (Wildman–Crippen MR) is 86.4 cm³/mol. The summed E-state index contributed by atoms with van der Waals surface area (Å²) in [5, 5.41) is 15.5. The van der Waals surface area contributed by atoms with Crippen molar-refractivity contribution in [2.24, 2.45) is 7.05 Å². The Kier molecular flexibility index (Phi) is 3.24. The third-order valence-electron chi connectivity index (χ3n) is 3.50. The first kappa shape index (κ1) is 14.3. The number of benzene rings is 1. The molecular formula is C14H10N6O3S. The number of carbonyl (C=O) groups excluding carboxylic acids is 1. The Morgan fingerprint density at radius 2 is 2.21 bits per heavy atom. The molecule has 1 amide bonds. The molecule has 0 bridgehead atoms. The van der Waals surface area contributed by atoms with Gasteiger partial charge in [-0.25, -0.2) is 4.79 Å². The Morgan fingerprint density at radius 1 is 1.33 bits per heavy atom. The summed E-state index contributed by atoms with van der Waals surface area (Å²) in [5.41, 5.74) is 2.18. The molecule has 3 aromatic heterocycles. The van der Waals surface area contributed by atoms with Crippen LogP contribution in [0.1, 0.15) is 9.67 Å². The third-order valence-corrected chi connectivity index (χ3v) is 4.40. The molecule has 0 saturated heterocycles. The summed E-state index contributed by atoms with van der Waals surface area (Å²) in [7, 11) is 1.62. The summed E-state index contributed by atoms with van der Waals surface area (Å²) in [6, 6.07) is 6.79. The van der Waals surface area contributed by atoms with E-state index < -0.39 is 5.76 Å². The average molecular weight is 342 g/mol. The van der Waals surface area contributed by atoms with Crippen molar-refractivity contribution in [2.75, 3.05) is 5.32 Å². The molecule has 120 valence electrons. The predicted octanol–water partition coefficient (Wildman–Crippen LogP) is 1.42. The van der Waals surface area contributed by atoms with Crippen LogP contribution in [-0.4, -0.2) is 30.7 Å². The van der Waals surface area contributed by atoms with E-state index in [9.17, 15) is 9.59 Å². The van der Waals surface area contributed by atoms with Crippen LogP contribution in [0, 0.1) is 0 Å². The largest absolute Gasteiger partial charge is 0.419 e. The highest BCUT2D eigenvalue weighted by molar-refractivity contribution is 7.12. The lowest BCUT2D eigenvalue weighted by Gasteiger charge is -2.05. The zero-order valence-corrected chi connectivity index (χ0v) is 13.1. The minimum Gasteiger partial charge on any atom is -0.408 e. The highest BCUT2D eigenvalue weighted by Crippen LogP contribution is 2.23. The lowest BCUT2D eigenvalue weighted by atomic mass is 10.2. The van der Waals surface area contributed by atoms with Crippen LogP contribution in [0.4, 0.5) is 5.69 Å². The van der Waals surface area contributed by atoms with E-state index in [4.69, 9.17) is 4.42 Å². The molecule has 4 aromatic rings. The number of rotatable bonds is 3. The van der Waals surface area contributed by atoms with Crippen molar-refractivity contribution in [1.82, 2.24) is 24.8 Å². The summed E-state index contributed by atoms with van der Waals surface area (Å²) in [6.45, 7) is 0. The maximum atomic E-state index is 12.5. The molecule has 0 aliphatic carbocycles. The SMILES string of the molecule is Cn1c(=O)oc2cc(NC(=O)c3sccc3-n3cnnn3)ccc21. The summed E-state index contributed by atoms with van der Waals surface area (Å²) in [5.74, 6) is -0.749. The lowest BCUT2D eigenvalue weighted by Crippen LogP contribution is -2.13. The number of nitrogens with one attached hydrogen (secondary N) is 1. The second-order valence-corrected chi connectivity index (χ2v) is 5.87. The number of thiophene rings is 1. The number of amides is 1. The monoisotopic (exact) mass is 342 g/mol. The van der Waals surface area contributed by atoms with Gasteiger partial charge in [-0.2, -0.15) is 4.68 Å². The average Bonchev–Trinajstić information content (AvgIpc) is 3.28. The van der Waals surface area contributed by atoms with Crippen LogP contribution in [0.3, 0.4) is 0 Å². The number of nitrogens with zero attached hydrogens (tertiary/aromatic N) is 5. The number of oxazole rings is 1. The number of hydrogen-bond donors (Lipinski definition) is 1. The molecular weight excluding hydrogens is 332 g/mol. The molecule has 9 nitrogen and oxygen atoms in total. The van der Waals surface area contributed by atoms with Crippen LogP contribution in [0.25, 0.3) is 16.8 Å². The Hall–Kier alpha value is -3.27. The van der Waals surface area contributed by atoms with E-state index in [-0.39, 0.29) is 5.91 Å². The van der Waals surface area contributed by atoms with Crippen molar-refractivity contribution in [1.29, 1.82) is 0 Å². The van der Waals surface area contributed by atoms with Gasteiger partial charge in [0.15, 0.2) is 5.58 Å². The van der Waals surface area contributed by atoms with Crippen molar-refractivity contribution >= 4 is 34.0 Å². The fraction of sp³-hybridized carbons (Fsp3) is 0.0714. The Balaban J connectivity index is 1.65. The Morgan fingerprint density at radius 3 is 3.00 bits per heavy atom. The van der Waals surface area contributed by atoms with Gasteiger partial charge >= 0.3 is 5.76 Å². The number of tetrazole rings is 1. The quantitative estimate of drug-likeness (QED) is 0.603. The Labute approximate surface area is 138 Å². The third kappa shape index (κ3) is 2.29. The molecule has 24 heavy (non-hydrogen) atoms. The van der Waals surface area contributed by atoms with Gasteiger partial charge < -0.3 is 9.73 Å². The highest BCUT2D eigenvalue weighted by Gasteiger charge is 2.16. The van der Waals surface area contributed by atoms with E-state index in [1.54, 1.807) is 36.7 Å². The number of fused-ring (bicyclic) bond motifs is 1. The summed E-state index contributed by atoms with van der Waals surface area (Å²) >= 11 is 1.28. The van der Waals surface area contributed by atoms with Gasteiger partial charge in [-0.3, -0.25) is 9.36 Å². The standard InChI is InChI=1S/C14H10N6O3S/c1-19-9-3-2-8(6-11(9)23-14(19)22)16-13(21)12-10(4-5-24-12)20-7-15-17-18-20/h2-7H,1H3,(H,16,21). The van der Waals surface area contributed by atoms with Crippen LogP contribution >= 0.6 is 11.3 Å². The number of hydrogen-bond acceptors (Lipinski definition) is 7. The van der Waals surface area contributed by atoms with E-state index in [1.165, 1.54) is 26.9 Å². The number of anilines is 1. The fourth-order valence-electron chi connectivity index (χ4n) is 2.32. The van der Waals surface area contributed by atoms with Crippen LogP contribution in [0.5, 0.6) is 0 Å². The maximum Gasteiger partial charge on any atom is 0.419 e. The van der Waals surface area contributed by atoms with Crippen molar-refractivity contribution < 1.29 is 9.21 Å². The summed E-state index contributed by atoms with van der Waals surface area (Å²) in [6.07, 6.45) is 1.42. The van der Waals surface area contributed by atoms with Crippen molar-refractivity contribution in [2.45, 2.75) is 0 Å². The van der Waals surface area contributed by atoms with Crippen LogP contribution < -0.4 is 11.1 Å². The van der Waals surface area contributed by atoms with E-state index in [1.807, 2.05) is 0 Å². The minimum atomic E-state index is -0.451. The molecule has 0 aliphatic rings. The minimum absolute atomic E-state index is 0.298. The van der Waals surface area contributed by atoms with E-state index in [0.717, 1.165) is 0 Å². The second-order valence-electron chi connectivity index (χ2n) is 4.95. The van der Waals surface area contributed by atoms with Gasteiger partial charge in [0, 0.05) is 18.8 Å². The molecule has 0 radical (unpaired) electrons. The molecule has 4 rings (SSSR count). The molecule has 10 heteroatoms. The van der Waals surface area contributed by atoms with Gasteiger partial charge in [0.1, 0.15) is 11.2 Å². The first-order valence-corrected chi connectivity index (χ1v) is 7.73. The first-order valence-electron chi connectivity index (χ1n) is 6.85. The van der Waals surface area contributed by atoms with Gasteiger partial charge in [-0.05, 0) is 34.0 Å². The Bertz CT molecular complexity index is 1090. The number of carbonyl (C=O) groups is 1. The highest BCUT2D eigenvalue weighted by atomic mass is 32.1. The van der Waals surface area contributed by atoms with Crippen molar-refractivity contribution in [3.05, 3.63) is 51.4 Å². The summed E-state index contributed by atoms with van der Waals surface area (Å²) in [4.78, 5) is 24.5. The fourth-order valence-corrected chi connectivity index (χ4v) is 3.10. The van der Waals surface area contributed by atoms with Crippen LogP contribution in [0.15, 0.2) is 45.2 Å².